The van der Waals surface area contributed by atoms with E-state index in [0.29, 0.717) is 0 Å². The normalized spacial score (nSPS) is 13.8. The first kappa shape index (κ1) is 26.5. The summed E-state index contributed by atoms with van der Waals surface area (Å²) in [6.07, 6.45) is 0. The molecule has 0 N–H and O–H groups in total. The summed E-state index contributed by atoms with van der Waals surface area (Å²) in [5.74, 6) is 0. The van der Waals surface area contributed by atoms with E-state index >= 15 is 0 Å². The van der Waals surface area contributed by atoms with Crippen LogP contribution in [0.2, 0.25) is 0 Å². The van der Waals surface area contributed by atoms with Crippen molar-refractivity contribution in [1.82, 2.24) is 0 Å². The summed E-state index contributed by atoms with van der Waals surface area (Å²) < 4.78 is 0. The number of benzene rings is 10. The average Bonchev–Trinajstić information content (AvgIpc) is 3.48. The first-order chi connectivity index (χ1) is 24.9. The molecule has 10 aromatic carbocycles. The van der Waals surface area contributed by atoms with Crippen molar-refractivity contribution in [2.75, 3.05) is 4.90 Å². The molecule has 2 aliphatic rings. The summed E-state index contributed by atoms with van der Waals surface area (Å²) in [5.41, 5.74) is 11.2. The maximum Gasteiger partial charge on any atom is 0.0726 e. The Morgan fingerprint density at radius 2 is 0.800 bits per heavy atom. The van der Waals surface area contributed by atoms with E-state index in [1.54, 1.807) is 0 Å². The van der Waals surface area contributed by atoms with Gasteiger partial charge in [0, 0.05) is 27.5 Å². The molecule has 0 saturated heterocycles. The molecule has 0 aliphatic heterocycles. The van der Waals surface area contributed by atoms with Crippen molar-refractivity contribution in [2.45, 2.75) is 5.41 Å². The predicted molar refractivity (Wildman–Crippen MR) is 211 cm³/mol. The van der Waals surface area contributed by atoms with Gasteiger partial charge in [0.05, 0.1) is 11.1 Å². The lowest BCUT2D eigenvalue weighted by molar-refractivity contribution is 0.783. The number of para-hydroxylation sites is 2. The summed E-state index contributed by atoms with van der Waals surface area (Å²) in [6, 6.07) is 65.9. The van der Waals surface area contributed by atoms with Crippen molar-refractivity contribution in [3.05, 3.63) is 198 Å². The molecule has 10 aromatic rings. The summed E-state index contributed by atoms with van der Waals surface area (Å²) >= 11 is 0. The minimum atomic E-state index is -0.460. The topological polar surface area (TPSA) is 3.24 Å². The second-order valence-electron chi connectivity index (χ2n) is 13.9. The molecular weight excluding hydrogens is 603 g/mol. The van der Waals surface area contributed by atoms with Gasteiger partial charge in [0.2, 0.25) is 0 Å². The minimum Gasteiger partial charge on any atom is -0.309 e. The lowest BCUT2D eigenvalue weighted by Gasteiger charge is -2.40. The van der Waals surface area contributed by atoms with E-state index < -0.39 is 5.41 Å². The third-order valence-electron chi connectivity index (χ3n) is 11.7. The lowest BCUT2D eigenvalue weighted by atomic mass is 9.61. The van der Waals surface area contributed by atoms with Crippen LogP contribution in [0, 0.1) is 0 Å². The number of anilines is 3. The first-order valence-corrected chi connectivity index (χ1v) is 17.5. The van der Waals surface area contributed by atoms with Crippen LogP contribution in [0.3, 0.4) is 0 Å². The van der Waals surface area contributed by atoms with Gasteiger partial charge in [0.1, 0.15) is 0 Å². The Kier molecular flexibility index (Phi) is 4.97. The second kappa shape index (κ2) is 9.37. The highest BCUT2D eigenvalue weighted by Crippen LogP contribution is 2.64. The van der Waals surface area contributed by atoms with Crippen LogP contribution >= 0.6 is 0 Å². The molecule has 0 fully saturated rings. The fraction of sp³-hybridized carbons (Fsp3) is 0.0204. The molecule has 0 heterocycles. The van der Waals surface area contributed by atoms with Crippen LogP contribution in [0.1, 0.15) is 22.3 Å². The van der Waals surface area contributed by atoms with Gasteiger partial charge in [0.15, 0.2) is 0 Å². The van der Waals surface area contributed by atoms with Crippen LogP contribution in [-0.4, -0.2) is 0 Å². The van der Waals surface area contributed by atoms with Gasteiger partial charge in [-0.25, -0.2) is 0 Å². The fourth-order valence-corrected chi connectivity index (χ4v) is 10.0. The molecule has 0 saturated carbocycles. The molecule has 0 bridgehead atoms. The van der Waals surface area contributed by atoms with Gasteiger partial charge >= 0.3 is 0 Å². The molecule has 0 radical (unpaired) electrons. The molecule has 0 unspecified atom stereocenters. The SMILES string of the molecule is c1ccc(N(c2ccccc2)c2c3cccc4c3c3c5c(ccc6cccc(c7cccc2c73)c65)C42c3ccccc3-c3ccccc32)cc1. The molecule has 12 rings (SSSR count). The van der Waals surface area contributed by atoms with E-state index in [1.807, 2.05) is 0 Å². The summed E-state index contributed by atoms with van der Waals surface area (Å²) in [5, 5.41) is 13.4. The molecule has 0 aromatic heterocycles. The molecule has 0 atom stereocenters. The summed E-state index contributed by atoms with van der Waals surface area (Å²) in [6.45, 7) is 0. The number of rotatable bonds is 3. The zero-order valence-corrected chi connectivity index (χ0v) is 27.2. The van der Waals surface area contributed by atoms with Crippen LogP contribution in [-0.2, 0) is 5.41 Å². The van der Waals surface area contributed by atoms with Crippen LogP contribution in [0.15, 0.2) is 176 Å². The molecule has 1 heteroatoms. The highest BCUT2D eigenvalue weighted by Gasteiger charge is 2.50. The van der Waals surface area contributed by atoms with Crippen molar-refractivity contribution in [3.63, 3.8) is 0 Å². The Hall–Kier alpha value is -6.44. The van der Waals surface area contributed by atoms with Gasteiger partial charge in [-0.2, -0.15) is 0 Å². The predicted octanol–water partition coefficient (Wildman–Crippen LogP) is 13.0. The van der Waals surface area contributed by atoms with E-state index in [-0.39, 0.29) is 0 Å². The quantitative estimate of drug-likeness (QED) is 0.139. The van der Waals surface area contributed by atoms with Crippen LogP contribution in [0.5, 0.6) is 0 Å². The van der Waals surface area contributed by atoms with Crippen molar-refractivity contribution >= 4 is 70.9 Å². The summed E-state index contributed by atoms with van der Waals surface area (Å²) in [7, 11) is 0. The number of hydrogen-bond acceptors (Lipinski definition) is 1. The van der Waals surface area contributed by atoms with Crippen molar-refractivity contribution in [3.8, 4) is 11.1 Å². The van der Waals surface area contributed by atoms with Crippen LogP contribution in [0.4, 0.5) is 17.1 Å². The maximum atomic E-state index is 2.49. The van der Waals surface area contributed by atoms with Crippen LogP contribution in [0.25, 0.3) is 65.0 Å². The number of hydrogen-bond donors (Lipinski definition) is 0. The van der Waals surface area contributed by atoms with E-state index in [1.165, 1.54) is 92.9 Å². The molecular formula is C49H29N. The third kappa shape index (κ3) is 3.02. The second-order valence-corrected chi connectivity index (χ2v) is 13.9. The van der Waals surface area contributed by atoms with Gasteiger partial charge in [-0.3, -0.25) is 0 Å². The summed E-state index contributed by atoms with van der Waals surface area (Å²) in [4.78, 5) is 2.49. The number of fused-ring (bicyclic) bond motifs is 8. The molecule has 1 nitrogen and oxygen atoms in total. The average molecular weight is 632 g/mol. The zero-order valence-electron chi connectivity index (χ0n) is 27.2. The van der Waals surface area contributed by atoms with Crippen molar-refractivity contribution < 1.29 is 0 Å². The zero-order chi connectivity index (χ0) is 32.6. The Bertz CT molecular complexity index is 2940. The van der Waals surface area contributed by atoms with Crippen LogP contribution < -0.4 is 4.90 Å². The standard InChI is InChI=1S/C49H29N/c1-3-15-31(16-4-1)50(32-17-5-2-6-18-32)48-37-23-12-22-36-35-21-11-14-30-28-29-42-46(43(30)35)47(44(36)37)45-38(48)24-13-27-41(45)49(42)39-25-9-7-19-33(39)34-20-8-10-26-40(34)49/h1-29H. The van der Waals surface area contributed by atoms with Gasteiger partial charge in [-0.05, 0) is 95.3 Å². The lowest BCUT2D eigenvalue weighted by Crippen LogP contribution is -2.31. The Morgan fingerprint density at radius 1 is 0.300 bits per heavy atom. The van der Waals surface area contributed by atoms with Gasteiger partial charge in [-0.1, -0.05) is 152 Å². The van der Waals surface area contributed by atoms with E-state index in [4.69, 9.17) is 0 Å². The van der Waals surface area contributed by atoms with E-state index in [9.17, 15) is 0 Å². The highest BCUT2D eigenvalue weighted by atomic mass is 15.1. The molecule has 230 valence electrons. The molecule has 2 aliphatic carbocycles. The monoisotopic (exact) mass is 631 g/mol. The maximum absolute atomic E-state index is 2.49. The molecule has 1 spiro atoms. The minimum absolute atomic E-state index is 0.460. The fourth-order valence-electron chi connectivity index (χ4n) is 10.0. The van der Waals surface area contributed by atoms with Gasteiger partial charge < -0.3 is 4.90 Å². The third-order valence-corrected chi connectivity index (χ3v) is 11.7. The first-order valence-electron chi connectivity index (χ1n) is 17.5. The van der Waals surface area contributed by atoms with Gasteiger partial charge in [-0.15, -0.1) is 0 Å². The van der Waals surface area contributed by atoms with E-state index in [2.05, 4.69) is 181 Å². The largest absolute Gasteiger partial charge is 0.309 e. The Balaban J connectivity index is 1.40. The van der Waals surface area contributed by atoms with E-state index in [0.717, 1.165) is 11.4 Å². The Morgan fingerprint density at radius 3 is 1.48 bits per heavy atom. The smallest absolute Gasteiger partial charge is 0.0726 e. The van der Waals surface area contributed by atoms with Gasteiger partial charge in [0.25, 0.3) is 0 Å². The molecule has 50 heavy (non-hydrogen) atoms. The molecule has 0 amide bonds. The Labute approximate surface area is 289 Å². The van der Waals surface area contributed by atoms with Crippen molar-refractivity contribution in [2.24, 2.45) is 0 Å². The highest BCUT2D eigenvalue weighted by molar-refractivity contribution is 6.43. The number of nitrogens with zero attached hydrogens (tertiary/aromatic N) is 1. The van der Waals surface area contributed by atoms with Crippen molar-refractivity contribution in [1.29, 1.82) is 0 Å².